The normalized spacial score (nSPS) is 25.1. The Balaban J connectivity index is 2.55. The van der Waals surface area contributed by atoms with E-state index in [1.54, 1.807) is 6.08 Å². The molecule has 1 rings (SSSR count). The second-order valence-corrected chi connectivity index (χ2v) is 1.93. The first-order valence-electron chi connectivity index (χ1n) is 2.76. The van der Waals surface area contributed by atoms with Crippen LogP contribution in [0.3, 0.4) is 0 Å². The first-order valence-corrected chi connectivity index (χ1v) is 2.76. The number of aliphatic hydroxyl groups excluding tert-OH is 1. The second kappa shape index (κ2) is 2.19. The number of aliphatic hydroxyl groups is 1. The fourth-order valence-electron chi connectivity index (χ4n) is 0.677. The summed E-state index contributed by atoms with van der Waals surface area (Å²) >= 11 is 0. The number of carbonyl (C=O) groups excluding carboxylic acids is 1. The molecule has 1 atom stereocenters. The number of hydrogen-bond donors (Lipinski definition) is 1. The van der Waals surface area contributed by atoms with Crippen LogP contribution < -0.4 is 0 Å². The van der Waals surface area contributed by atoms with Crippen molar-refractivity contribution < 1.29 is 14.6 Å². The Kier molecular flexibility index (Phi) is 1.53. The topological polar surface area (TPSA) is 46.5 Å². The van der Waals surface area contributed by atoms with Gasteiger partial charge in [-0.2, -0.15) is 0 Å². The summed E-state index contributed by atoms with van der Waals surface area (Å²) in [6.45, 7) is 1.41. The third kappa shape index (κ3) is 1.29. The second-order valence-electron chi connectivity index (χ2n) is 1.93. The van der Waals surface area contributed by atoms with Crippen LogP contribution in [-0.2, 0) is 9.53 Å². The molecule has 3 heteroatoms. The standard InChI is InChI=1S/C6H8O3/c1-4(7)5-2-3-6(8)9-5/h2,6,8H,3H2,1H3. The highest BCUT2D eigenvalue weighted by Crippen LogP contribution is 2.14. The molecule has 1 aliphatic rings. The van der Waals surface area contributed by atoms with Crippen LogP contribution in [0, 0.1) is 0 Å². The van der Waals surface area contributed by atoms with Gasteiger partial charge in [0.15, 0.2) is 11.5 Å². The van der Waals surface area contributed by atoms with Gasteiger partial charge in [0.2, 0.25) is 6.29 Å². The molecule has 0 aromatic heterocycles. The van der Waals surface area contributed by atoms with Crippen molar-refractivity contribution in [2.45, 2.75) is 19.6 Å². The van der Waals surface area contributed by atoms with Crippen LogP contribution in [0.4, 0.5) is 0 Å². The molecular weight excluding hydrogens is 120 g/mol. The van der Waals surface area contributed by atoms with Crippen molar-refractivity contribution in [2.24, 2.45) is 0 Å². The van der Waals surface area contributed by atoms with Crippen molar-refractivity contribution in [3.63, 3.8) is 0 Å². The van der Waals surface area contributed by atoms with E-state index in [1.165, 1.54) is 6.92 Å². The number of hydrogen-bond acceptors (Lipinski definition) is 3. The van der Waals surface area contributed by atoms with Gasteiger partial charge in [0.1, 0.15) is 0 Å². The Morgan fingerprint density at radius 2 is 2.67 bits per heavy atom. The van der Waals surface area contributed by atoms with Gasteiger partial charge in [0, 0.05) is 13.3 Å². The zero-order valence-corrected chi connectivity index (χ0v) is 5.13. The number of ketones is 1. The Morgan fingerprint density at radius 3 is 2.89 bits per heavy atom. The molecule has 0 amide bonds. The van der Waals surface area contributed by atoms with Crippen LogP contribution in [0.2, 0.25) is 0 Å². The van der Waals surface area contributed by atoms with Gasteiger partial charge in [0.05, 0.1) is 0 Å². The molecule has 0 saturated carbocycles. The number of carbonyl (C=O) groups is 1. The van der Waals surface area contributed by atoms with Crippen molar-refractivity contribution in [3.05, 3.63) is 11.8 Å². The minimum atomic E-state index is -0.802. The van der Waals surface area contributed by atoms with Crippen LogP contribution in [-0.4, -0.2) is 17.2 Å². The summed E-state index contributed by atoms with van der Waals surface area (Å²) in [5, 5.41) is 8.72. The smallest absolute Gasteiger partial charge is 0.201 e. The zero-order chi connectivity index (χ0) is 6.85. The molecule has 1 aliphatic heterocycles. The quantitative estimate of drug-likeness (QED) is 0.548. The van der Waals surface area contributed by atoms with Gasteiger partial charge in [-0.15, -0.1) is 0 Å². The Labute approximate surface area is 52.9 Å². The van der Waals surface area contributed by atoms with Crippen LogP contribution in [0.15, 0.2) is 11.8 Å². The molecule has 0 fully saturated rings. The van der Waals surface area contributed by atoms with E-state index in [0.717, 1.165) is 0 Å². The number of allylic oxidation sites excluding steroid dienone is 1. The highest BCUT2D eigenvalue weighted by molar-refractivity contribution is 5.91. The molecule has 50 valence electrons. The number of Topliss-reactive ketones (excluding diaryl/α,β-unsaturated/α-hetero) is 1. The van der Waals surface area contributed by atoms with E-state index in [2.05, 4.69) is 4.74 Å². The first kappa shape index (κ1) is 6.29. The van der Waals surface area contributed by atoms with E-state index in [1.807, 2.05) is 0 Å². The lowest BCUT2D eigenvalue weighted by Gasteiger charge is -2.02. The van der Waals surface area contributed by atoms with E-state index < -0.39 is 6.29 Å². The van der Waals surface area contributed by atoms with Crippen LogP contribution in [0.25, 0.3) is 0 Å². The van der Waals surface area contributed by atoms with Crippen LogP contribution in [0.1, 0.15) is 13.3 Å². The van der Waals surface area contributed by atoms with Crippen molar-refractivity contribution in [2.75, 3.05) is 0 Å². The summed E-state index contributed by atoms with van der Waals surface area (Å²) in [6.07, 6.45) is 1.21. The third-order valence-corrected chi connectivity index (χ3v) is 1.11. The zero-order valence-electron chi connectivity index (χ0n) is 5.13. The molecule has 9 heavy (non-hydrogen) atoms. The fourth-order valence-corrected chi connectivity index (χ4v) is 0.677. The predicted molar refractivity (Wildman–Crippen MR) is 30.5 cm³/mol. The summed E-state index contributed by atoms with van der Waals surface area (Å²) in [6, 6.07) is 0. The van der Waals surface area contributed by atoms with E-state index in [0.29, 0.717) is 6.42 Å². The molecule has 0 radical (unpaired) electrons. The fraction of sp³-hybridized carbons (Fsp3) is 0.500. The molecule has 0 aromatic carbocycles. The highest BCUT2D eigenvalue weighted by atomic mass is 16.6. The maximum Gasteiger partial charge on any atom is 0.201 e. The molecular formula is C6H8O3. The molecule has 3 nitrogen and oxygen atoms in total. The van der Waals surface area contributed by atoms with Crippen molar-refractivity contribution in [1.29, 1.82) is 0 Å². The maximum absolute atomic E-state index is 10.5. The SMILES string of the molecule is CC(=O)C1=CCC(O)O1. The molecule has 0 saturated heterocycles. The highest BCUT2D eigenvalue weighted by Gasteiger charge is 2.17. The summed E-state index contributed by atoms with van der Waals surface area (Å²) in [4.78, 5) is 10.5. The molecule has 1 unspecified atom stereocenters. The Hall–Kier alpha value is -0.830. The number of rotatable bonds is 1. The maximum atomic E-state index is 10.5. The minimum Gasteiger partial charge on any atom is -0.461 e. The lowest BCUT2D eigenvalue weighted by Crippen LogP contribution is -2.06. The summed E-state index contributed by atoms with van der Waals surface area (Å²) < 4.78 is 4.69. The molecule has 0 aliphatic carbocycles. The van der Waals surface area contributed by atoms with Crippen LogP contribution in [0.5, 0.6) is 0 Å². The monoisotopic (exact) mass is 128 g/mol. The lowest BCUT2D eigenvalue weighted by atomic mass is 10.3. The van der Waals surface area contributed by atoms with Gasteiger partial charge >= 0.3 is 0 Å². The van der Waals surface area contributed by atoms with Gasteiger partial charge < -0.3 is 9.84 Å². The van der Waals surface area contributed by atoms with Gasteiger partial charge in [-0.1, -0.05) is 0 Å². The van der Waals surface area contributed by atoms with Gasteiger partial charge in [-0.05, 0) is 6.08 Å². The van der Waals surface area contributed by atoms with E-state index in [9.17, 15) is 4.79 Å². The summed E-state index contributed by atoms with van der Waals surface area (Å²) in [5.74, 6) is 0.147. The van der Waals surface area contributed by atoms with E-state index in [4.69, 9.17) is 5.11 Å². The molecule has 0 bridgehead atoms. The van der Waals surface area contributed by atoms with Crippen molar-refractivity contribution in [3.8, 4) is 0 Å². The van der Waals surface area contributed by atoms with Gasteiger partial charge in [-0.25, -0.2) is 0 Å². The predicted octanol–water partition coefficient (Wildman–Crippen LogP) is 0.198. The number of ether oxygens (including phenoxy) is 1. The van der Waals surface area contributed by atoms with Crippen LogP contribution >= 0.6 is 0 Å². The lowest BCUT2D eigenvalue weighted by molar-refractivity contribution is -0.121. The Bertz CT molecular complexity index is 160. The average molecular weight is 128 g/mol. The molecule has 1 heterocycles. The van der Waals surface area contributed by atoms with Crippen molar-refractivity contribution in [1.82, 2.24) is 0 Å². The molecule has 0 spiro atoms. The minimum absolute atomic E-state index is 0.133. The van der Waals surface area contributed by atoms with E-state index >= 15 is 0 Å². The van der Waals surface area contributed by atoms with Gasteiger partial charge in [0.25, 0.3) is 0 Å². The Morgan fingerprint density at radius 1 is 2.00 bits per heavy atom. The largest absolute Gasteiger partial charge is 0.461 e. The first-order chi connectivity index (χ1) is 4.20. The summed E-state index contributed by atoms with van der Waals surface area (Å²) in [7, 11) is 0. The summed E-state index contributed by atoms with van der Waals surface area (Å²) in [5.41, 5.74) is 0. The molecule has 0 aromatic rings. The third-order valence-electron chi connectivity index (χ3n) is 1.11. The van der Waals surface area contributed by atoms with Crippen molar-refractivity contribution >= 4 is 5.78 Å². The molecule has 1 N–H and O–H groups in total. The van der Waals surface area contributed by atoms with E-state index in [-0.39, 0.29) is 11.5 Å². The van der Waals surface area contributed by atoms with Gasteiger partial charge in [-0.3, -0.25) is 4.79 Å². The average Bonchev–Trinajstić information content (AvgIpc) is 2.14.